The molecule has 0 aliphatic rings. The molecule has 15 heavy (non-hydrogen) atoms. The van der Waals surface area contributed by atoms with Crippen molar-refractivity contribution in [2.75, 3.05) is 0 Å². The number of aryl methyl sites for hydroxylation is 1. The van der Waals surface area contributed by atoms with Crippen molar-refractivity contribution >= 4 is 17.4 Å². The highest BCUT2D eigenvalue weighted by molar-refractivity contribution is 6.31. The van der Waals surface area contributed by atoms with Gasteiger partial charge in [0.2, 0.25) is 0 Å². The van der Waals surface area contributed by atoms with Crippen LogP contribution in [0.25, 0.3) is 0 Å². The first-order valence-corrected chi connectivity index (χ1v) is 5.25. The van der Waals surface area contributed by atoms with Gasteiger partial charge in [-0.15, -0.1) is 0 Å². The van der Waals surface area contributed by atoms with Crippen LogP contribution in [0, 0.1) is 6.92 Å². The smallest absolute Gasteiger partial charge is 0.156 e. The predicted octanol–water partition coefficient (Wildman–Crippen LogP) is 2.50. The van der Waals surface area contributed by atoms with Crippen molar-refractivity contribution in [2.45, 2.75) is 32.7 Å². The molecule has 1 aromatic carbocycles. The molecular formula is C12H16ClNO. The van der Waals surface area contributed by atoms with Crippen LogP contribution >= 0.6 is 11.6 Å². The normalized spacial score (nSPS) is 11.5. The molecule has 1 rings (SSSR count). The molecule has 0 unspecified atom stereocenters. The quantitative estimate of drug-likeness (QED) is 0.859. The van der Waals surface area contributed by atoms with Gasteiger partial charge in [0.05, 0.1) is 5.54 Å². The SMILES string of the molecule is Cc1cc(CC(=O)C(C)(C)N)ccc1Cl. The molecule has 0 aliphatic heterocycles. The molecule has 82 valence electrons. The highest BCUT2D eigenvalue weighted by atomic mass is 35.5. The van der Waals surface area contributed by atoms with E-state index in [1.165, 1.54) is 0 Å². The van der Waals surface area contributed by atoms with E-state index >= 15 is 0 Å². The minimum absolute atomic E-state index is 0.0317. The topological polar surface area (TPSA) is 43.1 Å². The van der Waals surface area contributed by atoms with Gasteiger partial charge in [0.1, 0.15) is 0 Å². The molecule has 2 N–H and O–H groups in total. The molecular weight excluding hydrogens is 210 g/mol. The second kappa shape index (κ2) is 4.33. The van der Waals surface area contributed by atoms with E-state index in [2.05, 4.69) is 0 Å². The van der Waals surface area contributed by atoms with E-state index in [0.29, 0.717) is 6.42 Å². The number of benzene rings is 1. The molecule has 0 fully saturated rings. The Morgan fingerprint density at radius 1 is 1.47 bits per heavy atom. The van der Waals surface area contributed by atoms with E-state index in [1.54, 1.807) is 13.8 Å². The Kier molecular flexibility index (Phi) is 3.53. The second-order valence-corrected chi connectivity index (χ2v) is 4.81. The van der Waals surface area contributed by atoms with Crippen LogP contribution in [0.4, 0.5) is 0 Å². The lowest BCUT2D eigenvalue weighted by Gasteiger charge is -2.16. The number of halogens is 1. The lowest BCUT2D eigenvalue weighted by atomic mass is 9.94. The van der Waals surface area contributed by atoms with Crippen LogP contribution in [-0.2, 0) is 11.2 Å². The average Bonchev–Trinajstić information content (AvgIpc) is 2.10. The van der Waals surface area contributed by atoms with Gasteiger partial charge in [0.15, 0.2) is 5.78 Å². The van der Waals surface area contributed by atoms with E-state index in [1.807, 2.05) is 25.1 Å². The van der Waals surface area contributed by atoms with Gasteiger partial charge in [-0.05, 0) is 38.0 Å². The Balaban J connectivity index is 2.83. The van der Waals surface area contributed by atoms with Gasteiger partial charge >= 0.3 is 0 Å². The van der Waals surface area contributed by atoms with Gasteiger partial charge in [-0.2, -0.15) is 0 Å². The molecule has 0 spiro atoms. The van der Waals surface area contributed by atoms with Crippen LogP contribution in [0.2, 0.25) is 5.02 Å². The molecule has 2 nitrogen and oxygen atoms in total. The van der Waals surface area contributed by atoms with Crippen molar-refractivity contribution in [1.29, 1.82) is 0 Å². The molecule has 3 heteroatoms. The number of hydrogen-bond donors (Lipinski definition) is 1. The monoisotopic (exact) mass is 225 g/mol. The van der Waals surface area contributed by atoms with E-state index in [0.717, 1.165) is 16.1 Å². The molecule has 0 atom stereocenters. The number of rotatable bonds is 3. The first-order chi connectivity index (χ1) is 6.80. The van der Waals surface area contributed by atoms with Gasteiger partial charge in [-0.3, -0.25) is 4.79 Å². The van der Waals surface area contributed by atoms with E-state index in [-0.39, 0.29) is 5.78 Å². The lowest BCUT2D eigenvalue weighted by Crippen LogP contribution is -2.42. The Labute approximate surface area is 95.4 Å². The number of hydrogen-bond acceptors (Lipinski definition) is 2. The van der Waals surface area contributed by atoms with E-state index in [9.17, 15) is 4.79 Å². The Hall–Kier alpha value is -0.860. The maximum absolute atomic E-state index is 11.7. The Morgan fingerprint density at radius 3 is 2.53 bits per heavy atom. The van der Waals surface area contributed by atoms with Crippen LogP contribution in [0.1, 0.15) is 25.0 Å². The summed E-state index contributed by atoms with van der Waals surface area (Å²) >= 11 is 5.90. The second-order valence-electron chi connectivity index (χ2n) is 4.41. The van der Waals surface area contributed by atoms with Crippen LogP contribution in [-0.4, -0.2) is 11.3 Å². The fraction of sp³-hybridized carbons (Fsp3) is 0.417. The molecule has 0 saturated carbocycles. The zero-order valence-corrected chi connectivity index (χ0v) is 10.1. The minimum atomic E-state index is -0.770. The molecule has 1 aromatic rings. The molecule has 0 aliphatic carbocycles. The number of nitrogens with two attached hydrogens (primary N) is 1. The summed E-state index contributed by atoms with van der Waals surface area (Å²) in [6.07, 6.45) is 0.363. The van der Waals surface area contributed by atoms with E-state index in [4.69, 9.17) is 17.3 Å². The summed E-state index contributed by atoms with van der Waals surface area (Å²) in [6.45, 7) is 5.36. The summed E-state index contributed by atoms with van der Waals surface area (Å²) in [5, 5.41) is 0.721. The molecule has 0 bridgehead atoms. The number of Topliss-reactive ketones (excluding diaryl/α,β-unsaturated/α-hetero) is 1. The van der Waals surface area contributed by atoms with Gasteiger partial charge in [-0.1, -0.05) is 23.7 Å². The fourth-order valence-corrected chi connectivity index (χ4v) is 1.35. The lowest BCUT2D eigenvalue weighted by molar-refractivity contribution is -0.122. The summed E-state index contributed by atoms with van der Waals surface area (Å²) < 4.78 is 0. The Bertz CT molecular complexity index is 380. The maximum atomic E-state index is 11.7. The third-order valence-electron chi connectivity index (χ3n) is 2.31. The average molecular weight is 226 g/mol. The van der Waals surface area contributed by atoms with Crippen LogP contribution in [0.5, 0.6) is 0 Å². The number of ketones is 1. The maximum Gasteiger partial charge on any atom is 0.156 e. The predicted molar refractivity (Wildman–Crippen MR) is 63.2 cm³/mol. The first kappa shape index (κ1) is 12.2. The zero-order valence-electron chi connectivity index (χ0n) is 9.30. The zero-order chi connectivity index (χ0) is 11.6. The summed E-state index contributed by atoms with van der Waals surface area (Å²) in [6, 6.07) is 5.59. The van der Waals surface area contributed by atoms with Crippen molar-refractivity contribution < 1.29 is 4.79 Å². The van der Waals surface area contributed by atoms with Crippen LogP contribution in [0.15, 0.2) is 18.2 Å². The summed E-state index contributed by atoms with van der Waals surface area (Å²) in [5.74, 6) is 0.0317. The van der Waals surface area contributed by atoms with Crippen molar-refractivity contribution in [1.82, 2.24) is 0 Å². The third kappa shape index (κ3) is 3.33. The molecule has 0 aromatic heterocycles. The van der Waals surface area contributed by atoms with Crippen molar-refractivity contribution in [3.05, 3.63) is 34.3 Å². The van der Waals surface area contributed by atoms with Crippen molar-refractivity contribution in [3.8, 4) is 0 Å². The summed E-state index contributed by atoms with van der Waals surface area (Å²) in [4.78, 5) is 11.7. The van der Waals surface area contributed by atoms with Crippen LogP contribution in [0.3, 0.4) is 0 Å². The Morgan fingerprint density at radius 2 is 2.07 bits per heavy atom. The van der Waals surface area contributed by atoms with Gasteiger partial charge < -0.3 is 5.73 Å². The largest absolute Gasteiger partial charge is 0.319 e. The first-order valence-electron chi connectivity index (χ1n) is 4.88. The summed E-state index contributed by atoms with van der Waals surface area (Å²) in [5.41, 5.74) is 6.89. The van der Waals surface area contributed by atoms with Gasteiger partial charge in [0.25, 0.3) is 0 Å². The van der Waals surface area contributed by atoms with E-state index < -0.39 is 5.54 Å². The fourth-order valence-electron chi connectivity index (χ4n) is 1.23. The highest BCUT2D eigenvalue weighted by Crippen LogP contribution is 2.17. The molecule has 0 heterocycles. The van der Waals surface area contributed by atoms with Crippen molar-refractivity contribution in [3.63, 3.8) is 0 Å². The standard InChI is InChI=1S/C12H16ClNO/c1-8-6-9(4-5-10(8)13)7-11(15)12(2,3)14/h4-6H,7,14H2,1-3H3. The number of carbonyl (C=O) groups is 1. The molecule has 0 saturated heterocycles. The molecule has 0 radical (unpaired) electrons. The number of carbonyl (C=O) groups excluding carboxylic acids is 1. The minimum Gasteiger partial charge on any atom is -0.319 e. The summed E-state index contributed by atoms with van der Waals surface area (Å²) in [7, 11) is 0. The van der Waals surface area contributed by atoms with Crippen molar-refractivity contribution in [2.24, 2.45) is 5.73 Å². The van der Waals surface area contributed by atoms with Crippen LogP contribution < -0.4 is 5.73 Å². The third-order valence-corrected chi connectivity index (χ3v) is 2.73. The van der Waals surface area contributed by atoms with Gasteiger partial charge in [0, 0.05) is 11.4 Å². The molecule has 0 amide bonds. The highest BCUT2D eigenvalue weighted by Gasteiger charge is 2.21. The van der Waals surface area contributed by atoms with Gasteiger partial charge in [-0.25, -0.2) is 0 Å².